The molecule has 8 heteroatoms. The lowest BCUT2D eigenvalue weighted by atomic mass is 10.1. The third kappa shape index (κ3) is 2.80. The lowest BCUT2D eigenvalue weighted by Crippen LogP contribution is -2.56. The van der Waals surface area contributed by atoms with Gasteiger partial charge in [-0.3, -0.25) is 4.79 Å². The minimum absolute atomic E-state index is 0.130. The summed E-state index contributed by atoms with van der Waals surface area (Å²) in [5, 5.41) is 3.71. The average Bonchev–Trinajstić information content (AvgIpc) is 2.85. The van der Waals surface area contributed by atoms with E-state index in [1.165, 1.54) is 10.4 Å². The molecule has 22 heavy (non-hydrogen) atoms. The second kappa shape index (κ2) is 6.21. The third-order valence-corrected chi connectivity index (χ3v) is 6.05. The predicted octanol–water partition coefficient (Wildman–Crippen LogP) is 1.09. The highest BCUT2D eigenvalue weighted by Gasteiger charge is 2.37. The van der Waals surface area contributed by atoms with Gasteiger partial charge in [-0.1, -0.05) is 18.7 Å². The Kier molecular flexibility index (Phi) is 4.72. The minimum atomic E-state index is -3.67. The van der Waals surface area contributed by atoms with E-state index in [9.17, 15) is 13.2 Å². The Hall–Kier alpha value is -1.67. The van der Waals surface area contributed by atoms with Crippen molar-refractivity contribution in [1.82, 2.24) is 14.4 Å². The number of nitrogens with zero attached hydrogens (tertiary/aromatic N) is 3. The van der Waals surface area contributed by atoms with E-state index in [1.54, 1.807) is 18.7 Å². The van der Waals surface area contributed by atoms with E-state index in [0.717, 1.165) is 0 Å². The number of rotatable bonds is 4. The Morgan fingerprint density at radius 3 is 2.64 bits per heavy atom. The summed E-state index contributed by atoms with van der Waals surface area (Å²) in [5.74, 6) is 0.122. The SMILES string of the molecule is C=CC(=O)N1CCN(S(=O)(=O)c2c(C)noc2C)C[C@@H]1CC. The summed E-state index contributed by atoms with van der Waals surface area (Å²) in [6.07, 6.45) is 1.94. The Bertz CT molecular complexity index is 661. The van der Waals surface area contributed by atoms with Gasteiger partial charge in [0.25, 0.3) is 0 Å². The molecule has 0 aromatic carbocycles. The number of carbonyl (C=O) groups is 1. The number of aryl methyl sites for hydroxylation is 2. The first-order valence-corrected chi connectivity index (χ1v) is 8.63. The van der Waals surface area contributed by atoms with Gasteiger partial charge in [-0.15, -0.1) is 0 Å². The fourth-order valence-electron chi connectivity index (χ4n) is 2.77. The zero-order valence-electron chi connectivity index (χ0n) is 13.1. The molecule has 0 aliphatic carbocycles. The zero-order chi connectivity index (χ0) is 16.5. The van der Waals surface area contributed by atoms with E-state index in [4.69, 9.17) is 4.52 Å². The topological polar surface area (TPSA) is 83.7 Å². The molecular formula is C14H21N3O4S. The lowest BCUT2D eigenvalue weighted by molar-refractivity contribution is -0.130. The molecule has 0 N–H and O–H groups in total. The van der Waals surface area contributed by atoms with Crippen LogP contribution in [0.1, 0.15) is 24.8 Å². The van der Waals surface area contributed by atoms with Crippen LogP contribution in [0.25, 0.3) is 0 Å². The summed E-state index contributed by atoms with van der Waals surface area (Å²) in [4.78, 5) is 13.6. The van der Waals surface area contributed by atoms with Crippen molar-refractivity contribution in [3.63, 3.8) is 0 Å². The maximum absolute atomic E-state index is 12.8. The van der Waals surface area contributed by atoms with Crippen LogP contribution in [0.15, 0.2) is 22.1 Å². The Morgan fingerprint density at radius 1 is 1.45 bits per heavy atom. The van der Waals surface area contributed by atoms with Crippen LogP contribution in [0.2, 0.25) is 0 Å². The maximum atomic E-state index is 12.8. The molecule has 0 radical (unpaired) electrons. The minimum Gasteiger partial charge on any atom is -0.360 e. The normalized spacial score (nSPS) is 20.1. The van der Waals surface area contributed by atoms with Crippen molar-refractivity contribution in [3.8, 4) is 0 Å². The smallest absolute Gasteiger partial charge is 0.248 e. The van der Waals surface area contributed by atoms with Crippen LogP contribution in [-0.4, -0.2) is 54.4 Å². The van der Waals surface area contributed by atoms with Crippen molar-refractivity contribution < 1.29 is 17.7 Å². The van der Waals surface area contributed by atoms with Crippen LogP contribution in [0.5, 0.6) is 0 Å². The van der Waals surface area contributed by atoms with Crippen LogP contribution in [0, 0.1) is 13.8 Å². The maximum Gasteiger partial charge on any atom is 0.248 e. The van der Waals surface area contributed by atoms with Crippen LogP contribution < -0.4 is 0 Å². The number of amides is 1. The molecule has 122 valence electrons. The summed E-state index contributed by atoms with van der Waals surface area (Å²) in [5.41, 5.74) is 0.357. The summed E-state index contributed by atoms with van der Waals surface area (Å²) >= 11 is 0. The largest absolute Gasteiger partial charge is 0.360 e. The number of hydrogen-bond acceptors (Lipinski definition) is 5. The van der Waals surface area contributed by atoms with Gasteiger partial charge in [0.05, 0.1) is 0 Å². The summed E-state index contributed by atoms with van der Waals surface area (Å²) in [6, 6.07) is -0.158. The fraction of sp³-hybridized carbons (Fsp3) is 0.571. The molecule has 1 fully saturated rings. The summed E-state index contributed by atoms with van der Waals surface area (Å²) in [6.45, 7) is 9.49. The number of hydrogen-bond donors (Lipinski definition) is 0. The molecule has 1 aliphatic rings. The van der Waals surface area contributed by atoms with Crippen molar-refractivity contribution in [3.05, 3.63) is 24.1 Å². The standard InChI is InChI=1S/C14H21N3O4S/c1-5-12-9-16(7-8-17(12)13(18)6-2)22(19,20)14-10(3)15-21-11(14)4/h6,12H,2,5,7-9H2,1,3-4H3/t12-/m0/s1. The second-order valence-corrected chi connectivity index (χ2v) is 7.19. The molecule has 1 atom stereocenters. The van der Waals surface area contributed by atoms with E-state index in [0.29, 0.717) is 18.7 Å². The molecule has 0 spiro atoms. The Labute approximate surface area is 130 Å². The van der Waals surface area contributed by atoms with E-state index in [1.807, 2.05) is 6.92 Å². The quantitative estimate of drug-likeness (QED) is 0.773. The molecule has 1 aliphatic heterocycles. The molecular weight excluding hydrogens is 306 g/mol. The van der Waals surface area contributed by atoms with Crippen LogP contribution in [0.3, 0.4) is 0 Å². The molecule has 2 rings (SSSR count). The summed E-state index contributed by atoms with van der Waals surface area (Å²) in [7, 11) is -3.67. The number of carbonyl (C=O) groups excluding carboxylic acids is 1. The molecule has 1 amide bonds. The number of piperazine rings is 1. The van der Waals surface area contributed by atoms with E-state index in [-0.39, 0.29) is 35.7 Å². The van der Waals surface area contributed by atoms with Crippen molar-refractivity contribution in [2.24, 2.45) is 0 Å². The number of aromatic nitrogens is 1. The van der Waals surface area contributed by atoms with Gasteiger partial charge >= 0.3 is 0 Å². The summed E-state index contributed by atoms with van der Waals surface area (Å²) < 4.78 is 32.0. The molecule has 7 nitrogen and oxygen atoms in total. The monoisotopic (exact) mass is 327 g/mol. The molecule has 1 saturated heterocycles. The van der Waals surface area contributed by atoms with Gasteiger partial charge in [0.15, 0.2) is 5.76 Å². The van der Waals surface area contributed by atoms with Crippen molar-refractivity contribution in [2.45, 2.75) is 38.1 Å². The first kappa shape index (κ1) is 16.7. The van der Waals surface area contributed by atoms with E-state index >= 15 is 0 Å². The molecule has 0 saturated carbocycles. The van der Waals surface area contributed by atoms with Crippen LogP contribution >= 0.6 is 0 Å². The molecule has 2 heterocycles. The van der Waals surface area contributed by atoms with Gasteiger partial charge in [0.2, 0.25) is 15.9 Å². The van der Waals surface area contributed by atoms with Crippen LogP contribution in [0.4, 0.5) is 0 Å². The lowest BCUT2D eigenvalue weighted by Gasteiger charge is -2.40. The fourth-order valence-corrected chi connectivity index (χ4v) is 4.53. The van der Waals surface area contributed by atoms with Crippen molar-refractivity contribution in [2.75, 3.05) is 19.6 Å². The first-order chi connectivity index (χ1) is 10.3. The molecule has 1 aromatic rings. The molecule has 0 unspecified atom stereocenters. The van der Waals surface area contributed by atoms with Crippen LogP contribution in [-0.2, 0) is 14.8 Å². The average molecular weight is 327 g/mol. The van der Waals surface area contributed by atoms with Gasteiger partial charge < -0.3 is 9.42 Å². The second-order valence-electron chi connectivity index (χ2n) is 5.31. The van der Waals surface area contributed by atoms with Gasteiger partial charge in [0, 0.05) is 25.7 Å². The highest BCUT2D eigenvalue weighted by Crippen LogP contribution is 2.26. The van der Waals surface area contributed by atoms with Gasteiger partial charge in [-0.25, -0.2) is 8.42 Å². The Balaban J connectivity index is 2.28. The highest BCUT2D eigenvalue weighted by molar-refractivity contribution is 7.89. The highest BCUT2D eigenvalue weighted by atomic mass is 32.2. The third-order valence-electron chi connectivity index (χ3n) is 3.94. The van der Waals surface area contributed by atoms with Crippen molar-refractivity contribution >= 4 is 15.9 Å². The van der Waals surface area contributed by atoms with Gasteiger partial charge in [-0.05, 0) is 26.3 Å². The molecule has 1 aromatic heterocycles. The van der Waals surface area contributed by atoms with E-state index < -0.39 is 10.0 Å². The molecule has 0 bridgehead atoms. The number of sulfonamides is 1. The van der Waals surface area contributed by atoms with Gasteiger partial charge in [0.1, 0.15) is 10.6 Å². The zero-order valence-corrected chi connectivity index (χ0v) is 13.9. The van der Waals surface area contributed by atoms with E-state index in [2.05, 4.69) is 11.7 Å². The first-order valence-electron chi connectivity index (χ1n) is 7.19. The Morgan fingerprint density at radius 2 is 2.14 bits per heavy atom. The van der Waals surface area contributed by atoms with Crippen molar-refractivity contribution in [1.29, 1.82) is 0 Å². The predicted molar refractivity (Wildman–Crippen MR) is 80.7 cm³/mol. The van der Waals surface area contributed by atoms with Gasteiger partial charge in [-0.2, -0.15) is 4.31 Å².